The Hall–Kier alpha value is -2.94. The fraction of sp³-hybridized carbons (Fsp3) is 0.524. The molecule has 4 heterocycles. The molecule has 0 spiro atoms. The maximum atomic E-state index is 12.4. The van der Waals surface area contributed by atoms with Crippen LogP contribution in [0.15, 0.2) is 39.8 Å². The summed E-state index contributed by atoms with van der Waals surface area (Å²) in [5.41, 5.74) is 0.266. The molecule has 0 aliphatic carbocycles. The summed E-state index contributed by atoms with van der Waals surface area (Å²) < 4.78 is 17.0. The second-order valence-electron chi connectivity index (χ2n) is 8.61. The zero-order valence-electron chi connectivity index (χ0n) is 17.7. The lowest BCUT2D eigenvalue weighted by atomic mass is 10.0. The van der Waals surface area contributed by atoms with Crippen molar-refractivity contribution in [3.63, 3.8) is 0 Å². The maximum Gasteiger partial charge on any atom is 0.410 e. The molecule has 0 N–H and O–H groups in total. The molecule has 3 aromatic heterocycles. The highest BCUT2D eigenvalue weighted by atomic mass is 16.6. The van der Waals surface area contributed by atoms with Crippen LogP contribution in [0.3, 0.4) is 0 Å². The smallest absolute Gasteiger partial charge is 0.410 e. The molecule has 1 unspecified atom stereocenters. The van der Waals surface area contributed by atoms with E-state index in [1.165, 1.54) is 6.33 Å². The molecule has 1 aliphatic rings. The minimum absolute atomic E-state index is 0.215. The SMILES string of the molecule is CN(C1CCN(C(=O)OC(C)(C)C)CC1)C(c1cc2cnccc2o1)c1ncno1. The van der Waals surface area contributed by atoms with Crippen molar-refractivity contribution < 1.29 is 18.5 Å². The maximum absolute atomic E-state index is 12.4. The molecule has 1 fully saturated rings. The standard InChI is InChI=1S/C21H27N5O4/c1-21(2,3)29-20(27)26-9-6-15(7-10-26)25(4)18(19-23-13-24-30-19)17-11-14-12-22-8-5-16(14)28-17/h5,8,11-13,15,18H,6-7,9-10H2,1-4H3. The predicted molar refractivity (Wildman–Crippen MR) is 109 cm³/mol. The second kappa shape index (κ2) is 8.06. The van der Waals surface area contributed by atoms with E-state index < -0.39 is 5.60 Å². The first-order valence-electron chi connectivity index (χ1n) is 10.1. The van der Waals surface area contributed by atoms with Crippen molar-refractivity contribution in [2.75, 3.05) is 20.1 Å². The van der Waals surface area contributed by atoms with Gasteiger partial charge in [-0.1, -0.05) is 5.16 Å². The summed E-state index contributed by atoms with van der Waals surface area (Å²) in [5.74, 6) is 1.19. The molecule has 30 heavy (non-hydrogen) atoms. The Bertz CT molecular complexity index is 953. The van der Waals surface area contributed by atoms with Gasteiger partial charge >= 0.3 is 6.09 Å². The van der Waals surface area contributed by atoms with Gasteiger partial charge in [0, 0.05) is 36.9 Å². The van der Waals surface area contributed by atoms with Gasteiger partial charge in [-0.05, 0) is 52.8 Å². The Morgan fingerprint density at radius 1 is 1.33 bits per heavy atom. The Balaban J connectivity index is 1.51. The van der Waals surface area contributed by atoms with Gasteiger partial charge in [-0.2, -0.15) is 4.98 Å². The van der Waals surface area contributed by atoms with Gasteiger partial charge in [-0.25, -0.2) is 4.79 Å². The molecule has 9 heteroatoms. The van der Waals surface area contributed by atoms with Crippen LogP contribution < -0.4 is 0 Å². The topological polar surface area (TPSA) is 97.7 Å². The number of hydrogen-bond donors (Lipinski definition) is 0. The Kier molecular flexibility index (Phi) is 5.46. The van der Waals surface area contributed by atoms with Crippen molar-refractivity contribution in [2.45, 2.75) is 51.3 Å². The van der Waals surface area contributed by atoms with E-state index in [2.05, 4.69) is 20.0 Å². The van der Waals surface area contributed by atoms with Crippen LogP contribution in [0.1, 0.15) is 51.3 Å². The molecule has 1 atom stereocenters. The van der Waals surface area contributed by atoms with Crippen molar-refractivity contribution in [3.05, 3.63) is 42.5 Å². The summed E-state index contributed by atoms with van der Waals surface area (Å²) >= 11 is 0. The third-order valence-electron chi connectivity index (χ3n) is 5.32. The summed E-state index contributed by atoms with van der Waals surface area (Å²) in [7, 11) is 2.02. The van der Waals surface area contributed by atoms with Crippen molar-refractivity contribution in [1.82, 2.24) is 24.9 Å². The van der Waals surface area contributed by atoms with Gasteiger partial charge in [0.2, 0.25) is 0 Å². The molecule has 1 saturated heterocycles. The number of nitrogens with zero attached hydrogens (tertiary/aromatic N) is 5. The summed E-state index contributed by atoms with van der Waals surface area (Å²) in [6, 6.07) is 3.69. The van der Waals surface area contributed by atoms with Crippen molar-refractivity contribution in [2.24, 2.45) is 0 Å². The van der Waals surface area contributed by atoms with Crippen LogP contribution in [0.2, 0.25) is 0 Å². The van der Waals surface area contributed by atoms with Gasteiger partial charge < -0.3 is 18.6 Å². The monoisotopic (exact) mass is 413 g/mol. The van der Waals surface area contributed by atoms with E-state index in [0.29, 0.717) is 19.0 Å². The second-order valence-corrected chi connectivity index (χ2v) is 8.61. The van der Waals surface area contributed by atoms with Gasteiger partial charge in [0.05, 0.1) is 0 Å². The minimum Gasteiger partial charge on any atom is -0.459 e. The lowest BCUT2D eigenvalue weighted by Gasteiger charge is -2.39. The quantitative estimate of drug-likeness (QED) is 0.639. The number of fused-ring (bicyclic) bond motifs is 1. The van der Waals surface area contributed by atoms with Crippen LogP contribution in [0.5, 0.6) is 0 Å². The van der Waals surface area contributed by atoms with Gasteiger partial charge in [0.15, 0.2) is 6.33 Å². The lowest BCUT2D eigenvalue weighted by molar-refractivity contribution is 0.0128. The number of carbonyl (C=O) groups excluding carboxylic acids is 1. The molecule has 0 bridgehead atoms. The van der Waals surface area contributed by atoms with E-state index in [4.69, 9.17) is 13.7 Å². The van der Waals surface area contributed by atoms with E-state index in [9.17, 15) is 4.79 Å². The first-order valence-corrected chi connectivity index (χ1v) is 10.1. The van der Waals surface area contributed by atoms with Crippen LogP contribution in [0.25, 0.3) is 11.0 Å². The first-order chi connectivity index (χ1) is 14.3. The van der Waals surface area contributed by atoms with Gasteiger partial charge in [-0.15, -0.1) is 0 Å². The molecular formula is C21H27N5O4. The van der Waals surface area contributed by atoms with E-state index >= 15 is 0 Å². The molecule has 4 rings (SSSR count). The van der Waals surface area contributed by atoms with E-state index in [0.717, 1.165) is 29.6 Å². The highest BCUT2D eigenvalue weighted by Crippen LogP contribution is 2.34. The number of ether oxygens (including phenoxy) is 1. The fourth-order valence-corrected chi connectivity index (χ4v) is 3.83. The molecule has 3 aromatic rings. The molecule has 0 radical (unpaired) electrons. The van der Waals surface area contributed by atoms with Gasteiger partial charge in [0.25, 0.3) is 5.89 Å². The molecule has 1 amide bonds. The summed E-state index contributed by atoms with van der Waals surface area (Å²) in [6.45, 7) is 6.89. The van der Waals surface area contributed by atoms with Crippen LogP contribution in [0, 0.1) is 0 Å². The van der Waals surface area contributed by atoms with Crippen LogP contribution >= 0.6 is 0 Å². The zero-order valence-corrected chi connectivity index (χ0v) is 17.7. The van der Waals surface area contributed by atoms with Gasteiger partial charge in [0.1, 0.15) is 23.0 Å². The Labute approximate surface area is 175 Å². The van der Waals surface area contributed by atoms with Crippen LogP contribution in [-0.4, -0.2) is 62.8 Å². The average molecular weight is 413 g/mol. The number of likely N-dealkylation sites (tertiary alicyclic amines) is 1. The number of amides is 1. The number of piperidine rings is 1. The van der Waals surface area contributed by atoms with Crippen LogP contribution in [0.4, 0.5) is 4.79 Å². The highest BCUT2D eigenvalue weighted by molar-refractivity contribution is 5.76. The molecule has 0 saturated carbocycles. The summed E-state index contributed by atoms with van der Waals surface area (Å²) in [5, 5.41) is 4.70. The fourth-order valence-electron chi connectivity index (χ4n) is 3.83. The average Bonchev–Trinajstić information content (AvgIpc) is 3.37. The van der Waals surface area contributed by atoms with Crippen LogP contribution in [-0.2, 0) is 4.74 Å². The summed E-state index contributed by atoms with van der Waals surface area (Å²) in [4.78, 5) is 24.8. The minimum atomic E-state index is -0.496. The predicted octanol–water partition coefficient (Wildman–Crippen LogP) is 3.63. The number of aromatic nitrogens is 3. The number of hydrogen-bond acceptors (Lipinski definition) is 8. The Morgan fingerprint density at radius 2 is 2.10 bits per heavy atom. The van der Waals surface area contributed by atoms with E-state index in [1.54, 1.807) is 17.3 Å². The molecular weight excluding hydrogens is 386 g/mol. The Morgan fingerprint density at radius 3 is 2.73 bits per heavy atom. The molecule has 0 aromatic carbocycles. The number of rotatable bonds is 4. The number of carbonyl (C=O) groups is 1. The van der Waals surface area contributed by atoms with Gasteiger partial charge in [-0.3, -0.25) is 9.88 Å². The molecule has 160 valence electrons. The first kappa shape index (κ1) is 20.3. The number of furan rings is 1. The normalized spacial score (nSPS) is 16.9. The molecule has 1 aliphatic heterocycles. The lowest BCUT2D eigenvalue weighted by Crippen LogP contribution is -2.47. The van der Waals surface area contributed by atoms with E-state index in [-0.39, 0.29) is 18.2 Å². The largest absolute Gasteiger partial charge is 0.459 e. The summed E-state index contributed by atoms with van der Waals surface area (Å²) in [6.07, 6.45) is 6.22. The van der Waals surface area contributed by atoms with Crippen molar-refractivity contribution in [3.8, 4) is 0 Å². The third-order valence-corrected chi connectivity index (χ3v) is 5.32. The number of pyridine rings is 1. The third kappa shape index (κ3) is 4.30. The van der Waals surface area contributed by atoms with Crippen molar-refractivity contribution in [1.29, 1.82) is 0 Å². The molecule has 9 nitrogen and oxygen atoms in total. The van der Waals surface area contributed by atoms with Crippen molar-refractivity contribution >= 4 is 17.1 Å². The van der Waals surface area contributed by atoms with E-state index in [1.807, 2.05) is 40.0 Å². The zero-order chi connectivity index (χ0) is 21.3. The highest BCUT2D eigenvalue weighted by Gasteiger charge is 2.35.